The van der Waals surface area contributed by atoms with Crippen LogP contribution in [0.4, 0.5) is 5.69 Å². The van der Waals surface area contributed by atoms with Crippen LogP contribution in [0.25, 0.3) is 0 Å². The van der Waals surface area contributed by atoms with Gasteiger partial charge in [-0.15, -0.1) is 11.8 Å². The summed E-state index contributed by atoms with van der Waals surface area (Å²) >= 11 is 1.44. The average Bonchev–Trinajstić information content (AvgIpc) is 3.27. The summed E-state index contributed by atoms with van der Waals surface area (Å²) < 4.78 is 5.61. The third-order valence-corrected chi connectivity index (χ3v) is 7.82. The number of carbonyl (C=O) groups is 1. The van der Waals surface area contributed by atoms with Crippen molar-refractivity contribution in [3.63, 3.8) is 0 Å². The number of rotatable bonds is 8. The van der Waals surface area contributed by atoms with Gasteiger partial charge in [0.2, 0.25) is 11.8 Å². The minimum Gasteiger partial charge on any atom is -0.436 e. The quantitative estimate of drug-likeness (QED) is 0.344. The maximum Gasteiger partial charge on any atom is 0.250 e. The number of hydrogen-bond acceptors (Lipinski definition) is 6. The number of carbonyl (C=O) groups excluding carboxylic acids is 1. The zero-order chi connectivity index (χ0) is 22.7. The van der Waals surface area contributed by atoms with Crippen LogP contribution in [0.15, 0.2) is 39.8 Å². The number of hydrogen-bond donors (Lipinski definition) is 2. The fourth-order valence-electron chi connectivity index (χ4n) is 4.79. The number of benzene rings is 1. The molecular weight excluding hydrogens is 422 g/mol. The van der Waals surface area contributed by atoms with Gasteiger partial charge in [-0.25, -0.2) is 4.98 Å². The molecule has 1 amide bonds. The lowest BCUT2D eigenvalue weighted by Gasteiger charge is -2.39. The second-order valence-corrected chi connectivity index (χ2v) is 10.0. The van der Waals surface area contributed by atoms with Gasteiger partial charge < -0.3 is 15.1 Å². The topological polar surface area (TPSA) is 99.5 Å². The van der Waals surface area contributed by atoms with Crippen molar-refractivity contribution in [2.24, 2.45) is 5.73 Å². The molecule has 0 aliphatic carbocycles. The van der Waals surface area contributed by atoms with Gasteiger partial charge in [0, 0.05) is 23.5 Å². The zero-order valence-electron chi connectivity index (χ0n) is 18.9. The van der Waals surface area contributed by atoms with E-state index in [1.54, 1.807) is 0 Å². The van der Waals surface area contributed by atoms with E-state index in [0.29, 0.717) is 24.5 Å². The molecule has 0 saturated carbocycles. The first-order chi connectivity index (χ1) is 15.5. The predicted octanol–water partition coefficient (Wildman–Crippen LogP) is 4.57. The normalized spacial score (nSPS) is 23.9. The van der Waals surface area contributed by atoms with Crippen molar-refractivity contribution in [2.75, 3.05) is 18.0 Å². The Morgan fingerprint density at radius 3 is 2.62 bits per heavy atom. The molecule has 3 atom stereocenters. The van der Waals surface area contributed by atoms with E-state index in [2.05, 4.69) is 23.7 Å². The molecule has 1 fully saturated rings. The number of aromatic nitrogens is 1. The number of nitrogens with one attached hydrogen (secondary N) is 1. The maximum absolute atomic E-state index is 13.4. The number of piperidine rings is 1. The van der Waals surface area contributed by atoms with Crippen molar-refractivity contribution in [3.8, 4) is 0 Å². The Labute approximate surface area is 194 Å². The molecule has 0 bridgehead atoms. The molecule has 0 spiro atoms. The molecule has 4 rings (SSSR count). The van der Waals surface area contributed by atoms with E-state index >= 15 is 0 Å². The molecular formula is C24H33N5O2S. The predicted molar refractivity (Wildman–Crippen MR) is 128 cm³/mol. The molecule has 0 radical (unpaired) electrons. The molecule has 2 aliphatic rings. The minimum absolute atomic E-state index is 0.0241. The van der Waals surface area contributed by atoms with Crippen LogP contribution in [0, 0.1) is 5.41 Å². The first kappa shape index (κ1) is 22.9. The summed E-state index contributed by atoms with van der Waals surface area (Å²) in [5, 5.41) is 6.98. The lowest BCUT2D eigenvalue weighted by molar-refractivity contribution is -0.118. The third-order valence-electron chi connectivity index (χ3n) is 6.58. The van der Waals surface area contributed by atoms with Gasteiger partial charge in [0.25, 0.3) is 0 Å². The summed E-state index contributed by atoms with van der Waals surface area (Å²) in [6.45, 7) is 6.50. The standard InChI is InChI=1S/C24H33N5O2S/c1-16-9-8-10-17(2)28(16)13-6-3-7-14-29-18-11-4-5-12-20(18)32-21(24(29)30)23-27-15-19(31-23)22(25)26/h4-5,11-12,15-17,21H,3,6-10,13-14H2,1-2H3,(H3,25,26)/t16-,17+,21?. The van der Waals surface area contributed by atoms with Crippen molar-refractivity contribution < 1.29 is 9.21 Å². The number of thioether (sulfide) groups is 1. The van der Waals surface area contributed by atoms with Crippen molar-refractivity contribution in [2.45, 2.75) is 74.6 Å². The fourth-order valence-corrected chi connectivity index (χ4v) is 5.94. The molecule has 3 heterocycles. The van der Waals surface area contributed by atoms with Gasteiger partial charge in [-0.3, -0.25) is 15.1 Å². The van der Waals surface area contributed by atoms with Crippen LogP contribution >= 0.6 is 11.8 Å². The molecule has 1 unspecified atom stereocenters. The first-order valence-electron chi connectivity index (χ1n) is 11.6. The van der Waals surface area contributed by atoms with Crippen molar-refractivity contribution in [1.29, 1.82) is 5.41 Å². The number of likely N-dealkylation sites (tertiary alicyclic amines) is 1. The zero-order valence-corrected chi connectivity index (χ0v) is 19.7. The van der Waals surface area contributed by atoms with E-state index in [-0.39, 0.29) is 17.5 Å². The van der Waals surface area contributed by atoms with Crippen LogP contribution in [0.3, 0.4) is 0 Å². The van der Waals surface area contributed by atoms with Crippen LogP contribution in [-0.4, -0.2) is 46.8 Å². The summed E-state index contributed by atoms with van der Waals surface area (Å²) in [4.78, 5) is 23.2. The highest BCUT2D eigenvalue weighted by molar-refractivity contribution is 8.00. The molecule has 172 valence electrons. The van der Waals surface area contributed by atoms with Crippen LogP contribution in [0.5, 0.6) is 0 Å². The Hall–Kier alpha value is -2.32. The van der Waals surface area contributed by atoms with E-state index in [9.17, 15) is 4.79 Å². The maximum atomic E-state index is 13.4. The van der Waals surface area contributed by atoms with Gasteiger partial charge in [0.15, 0.2) is 16.8 Å². The van der Waals surface area contributed by atoms with E-state index in [4.69, 9.17) is 15.6 Å². The number of nitrogens with two attached hydrogens (primary N) is 1. The monoisotopic (exact) mass is 455 g/mol. The molecule has 3 N–H and O–H groups in total. The number of fused-ring (bicyclic) bond motifs is 1. The van der Waals surface area contributed by atoms with Gasteiger partial charge in [-0.2, -0.15) is 0 Å². The molecule has 8 heteroatoms. The summed E-state index contributed by atoms with van der Waals surface area (Å²) in [5.41, 5.74) is 6.46. The molecule has 7 nitrogen and oxygen atoms in total. The van der Waals surface area contributed by atoms with Gasteiger partial charge in [0.05, 0.1) is 11.9 Å². The van der Waals surface area contributed by atoms with Crippen molar-refractivity contribution in [3.05, 3.63) is 42.1 Å². The second-order valence-electron chi connectivity index (χ2n) is 8.86. The summed E-state index contributed by atoms with van der Waals surface area (Å²) in [5.74, 6) is 0.285. The first-order valence-corrected chi connectivity index (χ1v) is 12.5. The Kier molecular flexibility index (Phi) is 7.20. The Morgan fingerprint density at radius 2 is 1.91 bits per heavy atom. The van der Waals surface area contributed by atoms with E-state index in [1.165, 1.54) is 37.2 Å². The number of nitrogens with zero attached hydrogens (tertiary/aromatic N) is 3. The number of unbranched alkanes of at least 4 members (excludes halogenated alkanes) is 2. The number of oxazole rings is 1. The number of nitrogen functional groups attached to an aromatic ring is 1. The van der Waals surface area contributed by atoms with Crippen LogP contribution in [-0.2, 0) is 4.79 Å². The Bertz CT molecular complexity index is 951. The SMILES string of the molecule is C[C@@H]1CCC[C@H](C)N1CCCCCN1C(=O)C(c2ncc(C(=N)N)o2)Sc2ccccc21. The number of para-hydroxylation sites is 1. The summed E-state index contributed by atoms with van der Waals surface area (Å²) in [6.07, 6.45) is 8.55. The smallest absolute Gasteiger partial charge is 0.250 e. The molecule has 2 aliphatic heterocycles. The third kappa shape index (κ3) is 4.86. The van der Waals surface area contributed by atoms with E-state index in [0.717, 1.165) is 36.4 Å². The fraction of sp³-hybridized carbons (Fsp3) is 0.542. The average molecular weight is 456 g/mol. The second kappa shape index (κ2) is 10.1. The van der Waals surface area contributed by atoms with Gasteiger partial charge >= 0.3 is 0 Å². The van der Waals surface area contributed by atoms with Crippen LogP contribution in [0.1, 0.15) is 69.3 Å². The highest BCUT2D eigenvalue weighted by Gasteiger charge is 2.37. The minimum atomic E-state index is -0.562. The van der Waals surface area contributed by atoms with Gasteiger partial charge in [0.1, 0.15) is 0 Å². The Balaban J connectivity index is 1.39. The number of anilines is 1. The van der Waals surface area contributed by atoms with Gasteiger partial charge in [-0.05, 0) is 58.2 Å². The highest BCUT2D eigenvalue weighted by atomic mass is 32.2. The van der Waals surface area contributed by atoms with E-state index < -0.39 is 5.25 Å². The lowest BCUT2D eigenvalue weighted by Crippen LogP contribution is -2.44. The Morgan fingerprint density at radius 1 is 1.19 bits per heavy atom. The molecule has 32 heavy (non-hydrogen) atoms. The largest absolute Gasteiger partial charge is 0.436 e. The molecule has 1 aromatic carbocycles. The van der Waals surface area contributed by atoms with Crippen LogP contribution < -0.4 is 10.6 Å². The number of amidine groups is 1. The highest BCUT2D eigenvalue weighted by Crippen LogP contribution is 2.46. The van der Waals surface area contributed by atoms with E-state index in [1.807, 2.05) is 29.2 Å². The number of amides is 1. The summed E-state index contributed by atoms with van der Waals surface area (Å²) in [6, 6.07) is 9.33. The molecule has 1 aromatic heterocycles. The van der Waals surface area contributed by atoms with Crippen molar-refractivity contribution in [1.82, 2.24) is 9.88 Å². The summed E-state index contributed by atoms with van der Waals surface area (Å²) in [7, 11) is 0. The van der Waals surface area contributed by atoms with Gasteiger partial charge in [-0.1, -0.05) is 25.0 Å². The molecule has 1 saturated heterocycles. The molecule has 2 aromatic rings. The van der Waals surface area contributed by atoms with Crippen molar-refractivity contribution >= 4 is 29.2 Å². The lowest BCUT2D eigenvalue weighted by atomic mass is 9.97. The van der Waals surface area contributed by atoms with Crippen LogP contribution in [0.2, 0.25) is 0 Å².